The van der Waals surface area contributed by atoms with Gasteiger partial charge in [-0.2, -0.15) is 0 Å². The fourth-order valence-electron chi connectivity index (χ4n) is 2.04. The van der Waals surface area contributed by atoms with Gasteiger partial charge < -0.3 is 20.5 Å². The average Bonchev–Trinajstić information content (AvgIpc) is 2.53. The molecule has 2 aromatic rings. The Morgan fingerprint density at radius 2 is 1.90 bits per heavy atom. The van der Waals surface area contributed by atoms with Crippen LogP contribution in [0.15, 0.2) is 42.5 Å². The monoisotopic (exact) mass is 286 g/mol. The normalized spacial score (nSPS) is 10.0. The lowest BCUT2D eigenvalue weighted by atomic mass is 10.1. The van der Waals surface area contributed by atoms with E-state index < -0.39 is 0 Å². The second-order valence-electron chi connectivity index (χ2n) is 4.40. The number of methoxy groups -OCH3 is 2. The second kappa shape index (κ2) is 6.76. The molecule has 0 aliphatic carbocycles. The van der Waals surface area contributed by atoms with Crippen molar-refractivity contribution in [2.75, 3.05) is 19.5 Å². The van der Waals surface area contributed by atoms with E-state index in [0.29, 0.717) is 29.3 Å². The highest BCUT2D eigenvalue weighted by Gasteiger charge is 2.16. The first-order valence-electron chi connectivity index (χ1n) is 6.51. The molecule has 0 aromatic heterocycles. The van der Waals surface area contributed by atoms with E-state index in [-0.39, 0.29) is 5.91 Å². The fourth-order valence-corrected chi connectivity index (χ4v) is 2.04. The Hall–Kier alpha value is -2.53. The summed E-state index contributed by atoms with van der Waals surface area (Å²) in [6.45, 7) is 0.423. The summed E-state index contributed by atoms with van der Waals surface area (Å²) in [5.74, 6) is 0.660. The van der Waals surface area contributed by atoms with Crippen molar-refractivity contribution in [1.29, 1.82) is 0 Å². The quantitative estimate of drug-likeness (QED) is 0.885. The first-order chi connectivity index (χ1) is 10.2. The highest BCUT2D eigenvalue weighted by atomic mass is 16.5. The summed E-state index contributed by atoms with van der Waals surface area (Å²) in [4.78, 5) is 12.4. The highest BCUT2D eigenvalue weighted by molar-refractivity contribution is 6.06. The topological polar surface area (TPSA) is 73.6 Å². The van der Waals surface area contributed by atoms with Gasteiger partial charge in [-0.3, -0.25) is 4.79 Å². The van der Waals surface area contributed by atoms with Gasteiger partial charge >= 0.3 is 0 Å². The van der Waals surface area contributed by atoms with Crippen LogP contribution in [0, 0.1) is 0 Å². The number of carbonyl (C=O) groups excluding carboxylic acids is 1. The van der Waals surface area contributed by atoms with Crippen molar-refractivity contribution in [3.05, 3.63) is 53.6 Å². The molecule has 110 valence electrons. The fraction of sp³-hybridized carbons (Fsp3) is 0.188. The lowest BCUT2D eigenvalue weighted by Crippen LogP contribution is -2.14. The summed E-state index contributed by atoms with van der Waals surface area (Å²) in [6.07, 6.45) is 0. The number of hydrogen-bond acceptors (Lipinski definition) is 4. The first kappa shape index (κ1) is 14.9. The van der Waals surface area contributed by atoms with Crippen molar-refractivity contribution in [1.82, 2.24) is 0 Å². The molecule has 5 heteroatoms. The summed E-state index contributed by atoms with van der Waals surface area (Å²) < 4.78 is 10.5. The van der Waals surface area contributed by atoms with Gasteiger partial charge in [0, 0.05) is 12.2 Å². The minimum Gasteiger partial charge on any atom is -0.493 e. The summed E-state index contributed by atoms with van der Waals surface area (Å²) >= 11 is 0. The third-order valence-corrected chi connectivity index (χ3v) is 3.07. The molecule has 0 saturated heterocycles. The number of hydrogen-bond donors (Lipinski definition) is 2. The summed E-state index contributed by atoms with van der Waals surface area (Å²) in [7, 11) is 3.04. The van der Waals surface area contributed by atoms with Crippen LogP contribution in [-0.2, 0) is 6.54 Å². The zero-order chi connectivity index (χ0) is 15.2. The van der Waals surface area contributed by atoms with E-state index in [1.54, 1.807) is 18.2 Å². The van der Waals surface area contributed by atoms with E-state index >= 15 is 0 Å². The van der Waals surface area contributed by atoms with Crippen LogP contribution in [0.2, 0.25) is 0 Å². The predicted molar refractivity (Wildman–Crippen MR) is 81.8 cm³/mol. The standard InChI is InChI=1S/C16H18N2O3/c1-20-14-8-4-7-13(15(14)21-2)16(19)18-12-6-3-5-11(9-12)10-17/h3-9H,10,17H2,1-2H3,(H,18,19). The molecule has 5 nitrogen and oxygen atoms in total. The molecule has 0 saturated carbocycles. The molecule has 0 unspecified atom stereocenters. The van der Waals surface area contributed by atoms with Gasteiger partial charge in [-0.25, -0.2) is 0 Å². The van der Waals surface area contributed by atoms with Crippen LogP contribution >= 0.6 is 0 Å². The maximum absolute atomic E-state index is 12.4. The molecule has 0 radical (unpaired) electrons. The Labute approximate surface area is 123 Å². The van der Waals surface area contributed by atoms with Crippen molar-refractivity contribution in [3.63, 3.8) is 0 Å². The molecule has 0 bridgehead atoms. The van der Waals surface area contributed by atoms with E-state index in [1.807, 2.05) is 24.3 Å². The first-order valence-corrected chi connectivity index (χ1v) is 6.51. The van der Waals surface area contributed by atoms with Gasteiger partial charge in [0.2, 0.25) is 0 Å². The van der Waals surface area contributed by atoms with Crippen molar-refractivity contribution in [2.24, 2.45) is 5.73 Å². The van der Waals surface area contributed by atoms with Crippen LogP contribution < -0.4 is 20.5 Å². The lowest BCUT2D eigenvalue weighted by Gasteiger charge is -2.13. The average molecular weight is 286 g/mol. The van der Waals surface area contributed by atoms with Crippen LogP contribution in [0.4, 0.5) is 5.69 Å². The van der Waals surface area contributed by atoms with E-state index in [1.165, 1.54) is 14.2 Å². The summed E-state index contributed by atoms with van der Waals surface area (Å²) in [5.41, 5.74) is 7.64. The number of ether oxygens (including phenoxy) is 2. The molecule has 2 aromatic carbocycles. The minimum atomic E-state index is -0.264. The summed E-state index contributed by atoms with van der Waals surface area (Å²) in [5, 5.41) is 2.83. The predicted octanol–water partition coefficient (Wildman–Crippen LogP) is 2.41. The third kappa shape index (κ3) is 3.32. The lowest BCUT2D eigenvalue weighted by molar-refractivity contribution is 0.102. The molecule has 2 rings (SSSR count). The minimum absolute atomic E-state index is 0.264. The number of anilines is 1. The second-order valence-corrected chi connectivity index (χ2v) is 4.40. The molecule has 0 aliphatic heterocycles. The molecular formula is C16H18N2O3. The Balaban J connectivity index is 2.28. The molecule has 1 amide bonds. The number of rotatable bonds is 5. The maximum atomic E-state index is 12.4. The van der Waals surface area contributed by atoms with Gasteiger partial charge in [-0.05, 0) is 29.8 Å². The molecule has 3 N–H and O–H groups in total. The number of nitrogens with two attached hydrogens (primary N) is 1. The van der Waals surface area contributed by atoms with Crippen molar-refractivity contribution in [2.45, 2.75) is 6.54 Å². The maximum Gasteiger partial charge on any atom is 0.259 e. The smallest absolute Gasteiger partial charge is 0.259 e. The number of nitrogens with one attached hydrogen (secondary N) is 1. The van der Waals surface area contributed by atoms with Gasteiger partial charge in [0.05, 0.1) is 19.8 Å². The Kier molecular flexibility index (Phi) is 4.79. The molecule has 0 heterocycles. The van der Waals surface area contributed by atoms with Gasteiger partial charge in [0.15, 0.2) is 11.5 Å². The van der Waals surface area contributed by atoms with E-state index in [2.05, 4.69) is 5.32 Å². The molecule has 0 spiro atoms. The largest absolute Gasteiger partial charge is 0.493 e. The van der Waals surface area contributed by atoms with Gasteiger partial charge in [0.1, 0.15) is 0 Å². The van der Waals surface area contributed by atoms with Crippen LogP contribution in [0.1, 0.15) is 15.9 Å². The number of amides is 1. The van der Waals surface area contributed by atoms with Crippen molar-refractivity contribution in [3.8, 4) is 11.5 Å². The van der Waals surface area contributed by atoms with E-state index in [0.717, 1.165) is 5.56 Å². The Morgan fingerprint density at radius 1 is 1.14 bits per heavy atom. The Bertz CT molecular complexity index is 641. The molecule has 0 atom stereocenters. The van der Waals surface area contributed by atoms with Crippen LogP contribution in [0.25, 0.3) is 0 Å². The van der Waals surface area contributed by atoms with Gasteiger partial charge in [-0.1, -0.05) is 18.2 Å². The molecule has 0 aliphatic rings. The zero-order valence-electron chi connectivity index (χ0n) is 12.1. The van der Waals surface area contributed by atoms with Crippen LogP contribution in [-0.4, -0.2) is 20.1 Å². The van der Waals surface area contributed by atoms with E-state index in [4.69, 9.17) is 15.2 Å². The van der Waals surface area contributed by atoms with Gasteiger partial charge in [-0.15, -0.1) is 0 Å². The molecule has 0 fully saturated rings. The third-order valence-electron chi connectivity index (χ3n) is 3.07. The van der Waals surface area contributed by atoms with Gasteiger partial charge in [0.25, 0.3) is 5.91 Å². The number of para-hydroxylation sites is 1. The summed E-state index contributed by atoms with van der Waals surface area (Å²) in [6, 6.07) is 12.6. The Morgan fingerprint density at radius 3 is 2.57 bits per heavy atom. The SMILES string of the molecule is COc1cccc(C(=O)Nc2cccc(CN)c2)c1OC. The van der Waals surface area contributed by atoms with Crippen molar-refractivity contribution < 1.29 is 14.3 Å². The zero-order valence-corrected chi connectivity index (χ0v) is 12.1. The van der Waals surface area contributed by atoms with E-state index in [9.17, 15) is 4.79 Å². The van der Waals surface area contributed by atoms with Crippen LogP contribution in [0.5, 0.6) is 11.5 Å². The van der Waals surface area contributed by atoms with Crippen molar-refractivity contribution >= 4 is 11.6 Å². The highest BCUT2D eigenvalue weighted by Crippen LogP contribution is 2.31. The molecular weight excluding hydrogens is 268 g/mol. The molecule has 21 heavy (non-hydrogen) atoms. The van der Waals surface area contributed by atoms with Crippen LogP contribution in [0.3, 0.4) is 0 Å². The number of carbonyl (C=O) groups is 1. The number of benzene rings is 2.